The van der Waals surface area contributed by atoms with E-state index < -0.39 is 10.0 Å². The molecule has 0 fully saturated rings. The van der Waals surface area contributed by atoms with E-state index >= 15 is 0 Å². The number of aromatic nitrogens is 2. The molecule has 1 aromatic rings. The molecule has 0 radical (unpaired) electrons. The standard InChI is InChI=1S/C12H24N4O2S2/c1-5-11(10-19-4)15(3)20(17,18)12-8-14-16(9-12)7-6-13-2/h8-9,11,13H,5-7,10H2,1-4H3. The highest BCUT2D eigenvalue weighted by molar-refractivity contribution is 7.98. The third-order valence-electron chi connectivity index (χ3n) is 3.22. The zero-order valence-electron chi connectivity index (χ0n) is 12.5. The van der Waals surface area contributed by atoms with Crippen LogP contribution in [0.15, 0.2) is 17.3 Å². The summed E-state index contributed by atoms with van der Waals surface area (Å²) in [5, 5.41) is 7.11. The molecule has 1 heterocycles. The molecule has 0 saturated heterocycles. The molecule has 1 unspecified atom stereocenters. The van der Waals surface area contributed by atoms with Crippen LogP contribution < -0.4 is 5.32 Å². The number of likely N-dealkylation sites (N-methyl/N-ethyl adjacent to an activating group) is 1. The van der Waals surface area contributed by atoms with E-state index in [2.05, 4.69) is 10.4 Å². The minimum absolute atomic E-state index is 0.00987. The zero-order valence-corrected chi connectivity index (χ0v) is 14.2. The van der Waals surface area contributed by atoms with E-state index in [4.69, 9.17) is 0 Å². The van der Waals surface area contributed by atoms with Crippen molar-refractivity contribution in [2.75, 3.05) is 32.6 Å². The van der Waals surface area contributed by atoms with Gasteiger partial charge in [0.1, 0.15) is 4.90 Å². The molecule has 6 nitrogen and oxygen atoms in total. The second-order valence-corrected chi connectivity index (χ2v) is 7.49. The van der Waals surface area contributed by atoms with E-state index in [0.717, 1.165) is 18.7 Å². The Morgan fingerprint density at radius 2 is 2.25 bits per heavy atom. The lowest BCUT2D eigenvalue weighted by molar-refractivity contribution is 0.385. The first-order valence-corrected chi connectivity index (χ1v) is 9.44. The summed E-state index contributed by atoms with van der Waals surface area (Å²) in [5.41, 5.74) is 0. The number of sulfonamides is 1. The predicted molar refractivity (Wildman–Crippen MR) is 83.6 cm³/mol. The number of hydrogen-bond acceptors (Lipinski definition) is 5. The van der Waals surface area contributed by atoms with Gasteiger partial charge in [0.15, 0.2) is 0 Å². The summed E-state index contributed by atoms with van der Waals surface area (Å²) in [7, 11) is 0.0335. The highest BCUT2D eigenvalue weighted by Gasteiger charge is 2.27. The van der Waals surface area contributed by atoms with Crippen LogP contribution in [0.2, 0.25) is 0 Å². The van der Waals surface area contributed by atoms with Crippen LogP contribution in [-0.2, 0) is 16.6 Å². The molecule has 0 aromatic carbocycles. The summed E-state index contributed by atoms with van der Waals surface area (Å²) in [5.74, 6) is 0.792. The molecule has 0 bridgehead atoms. The van der Waals surface area contributed by atoms with Gasteiger partial charge in [-0.15, -0.1) is 0 Å². The third kappa shape index (κ3) is 4.21. The Morgan fingerprint density at radius 1 is 1.55 bits per heavy atom. The highest BCUT2D eigenvalue weighted by Crippen LogP contribution is 2.19. The molecule has 0 saturated carbocycles. The Labute approximate surface area is 126 Å². The average Bonchev–Trinajstić information content (AvgIpc) is 2.91. The molecule has 20 heavy (non-hydrogen) atoms. The zero-order chi connectivity index (χ0) is 15.2. The lowest BCUT2D eigenvalue weighted by Gasteiger charge is -2.25. The van der Waals surface area contributed by atoms with Crippen LogP contribution in [0.3, 0.4) is 0 Å². The molecular formula is C12H24N4O2S2. The number of hydrogen-bond donors (Lipinski definition) is 1. The van der Waals surface area contributed by atoms with Crippen molar-refractivity contribution in [2.45, 2.75) is 30.8 Å². The van der Waals surface area contributed by atoms with Crippen molar-refractivity contribution in [3.8, 4) is 0 Å². The average molecular weight is 320 g/mol. The Morgan fingerprint density at radius 3 is 2.80 bits per heavy atom. The van der Waals surface area contributed by atoms with E-state index in [1.807, 2.05) is 20.2 Å². The van der Waals surface area contributed by atoms with Crippen molar-refractivity contribution >= 4 is 21.8 Å². The van der Waals surface area contributed by atoms with Crippen LogP contribution in [0.25, 0.3) is 0 Å². The summed E-state index contributed by atoms with van der Waals surface area (Å²) in [4.78, 5) is 0.260. The van der Waals surface area contributed by atoms with Gasteiger partial charge >= 0.3 is 0 Å². The van der Waals surface area contributed by atoms with Crippen LogP contribution in [0.1, 0.15) is 13.3 Å². The van der Waals surface area contributed by atoms with Gasteiger partial charge in [0, 0.05) is 31.6 Å². The van der Waals surface area contributed by atoms with Crippen LogP contribution in [0, 0.1) is 0 Å². The van der Waals surface area contributed by atoms with Gasteiger partial charge in [0.25, 0.3) is 0 Å². The van der Waals surface area contributed by atoms with Crippen molar-refractivity contribution in [1.29, 1.82) is 0 Å². The van der Waals surface area contributed by atoms with Gasteiger partial charge in [0.05, 0.1) is 12.7 Å². The fourth-order valence-electron chi connectivity index (χ4n) is 1.86. The first-order chi connectivity index (χ1) is 9.47. The smallest absolute Gasteiger partial charge is 0.246 e. The van der Waals surface area contributed by atoms with E-state index in [0.29, 0.717) is 6.54 Å². The quantitative estimate of drug-likeness (QED) is 0.731. The van der Waals surface area contributed by atoms with Gasteiger partial charge < -0.3 is 5.32 Å². The van der Waals surface area contributed by atoms with E-state index in [-0.39, 0.29) is 10.9 Å². The maximum Gasteiger partial charge on any atom is 0.246 e. The summed E-state index contributed by atoms with van der Waals surface area (Å²) in [6.45, 7) is 3.40. The van der Waals surface area contributed by atoms with Gasteiger partial charge in [-0.3, -0.25) is 4.68 Å². The normalized spacial score (nSPS) is 13.8. The van der Waals surface area contributed by atoms with Gasteiger partial charge in [-0.25, -0.2) is 8.42 Å². The molecule has 0 aliphatic rings. The monoisotopic (exact) mass is 320 g/mol. The van der Waals surface area contributed by atoms with Crippen LogP contribution in [0.5, 0.6) is 0 Å². The number of thioether (sulfide) groups is 1. The Bertz CT molecular complexity index is 501. The SMILES string of the molecule is CCC(CSC)N(C)S(=O)(=O)c1cnn(CCNC)c1. The van der Waals surface area contributed by atoms with Crippen molar-refractivity contribution in [1.82, 2.24) is 19.4 Å². The van der Waals surface area contributed by atoms with Crippen LogP contribution in [-0.4, -0.2) is 61.2 Å². The van der Waals surface area contributed by atoms with E-state index in [1.165, 1.54) is 10.5 Å². The van der Waals surface area contributed by atoms with Crippen LogP contribution in [0.4, 0.5) is 0 Å². The minimum atomic E-state index is -3.46. The fourth-order valence-corrected chi connectivity index (χ4v) is 4.18. The highest BCUT2D eigenvalue weighted by atomic mass is 32.2. The molecule has 0 aliphatic carbocycles. The van der Waals surface area contributed by atoms with Crippen molar-refractivity contribution < 1.29 is 8.42 Å². The van der Waals surface area contributed by atoms with Gasteiger partial charge in [-0.2, -0.15) is 21.2 Å². The van der Waals surface area contributed by atoms with Crippen molar-refractivity contribution in [3.05, 3.63) is 12.4 Å². The largest absolute Gasteiger partial charge is 0.318 e. The van der Waals surface area contributed by atoms with E-state index in [1.54, 1.807) is 29.7 Å². The summed E-state index contributed by atoms with van der Waals surface area (Å²) < 4.78 is 28.2. The van der Waals surface area contributed by atoms with Crippen molar-refractivity contribution in [2.24, 2.45) is 0 Å². The molecule has 1 N–H and O–H groups in total. The number of rotatable bonds is 9. The summed E-state index contributed by atoms with van der Waals surface area (Å²) >= 11 is 1.66. The second kappa shape index (κ2) is 8.02. The first-order valence-electron chi connectivity index (χ1n) is 6.61. The topological polar surface area (TPSA) is 67.2 Å². The second-order valence-electron chi connectivity index (χ2n) is 4.58. The lowest BCUT2D eigenvalue weighted by Crippen LogP contribution is -2.38. The summed E-state index contributed by atoms with van der Waals surface area (Å²) in [6, 6.07) is 0.00987. The van der Waals surface area contributed by atoms with Gasteiger partial charge in [0.2, 0.25) is 10.0 Å². The molecule has 0 aliphatic heterocycles. The first kappa shape index (κ1) is 17.5. The Kier molecular flexibility index (Phi) is 7.01. The summed E-state index contributed by atoms with van der Waals surface area (Å²) in [6.07, 6.45) is 5.80. The molecule has 1 rings (SSSR count). The number of nitrogens with one attached hydrogen (secondary N) is 1. The van der Waals surface area contributed by atoms with Crippen molar-refractivity contribution in [3.63, 3.8) is 0 Å². The maximum absolute atomic E-state index is 12.5. The van der Waals surface area contributed by atoms with E-state index in [9.17, 15) is 8.42 Å². The maximum atomic E-state index is 12.5. The minimum Gasteiger partial charge on any atom is -0.318 e. The lowest BCUT2D eigenvalue weighted by atomic mass is 10.3. The number of nitrogens with zero attached hydrogens (tertiary/aromatic N) is 3. The third-order valence-corrected chi connectivity index (χ3v) is 5.80. The molecule has 1 atom stereocenters. The molecule has 0 amide bonds. The Hall–Kier alpha value is -0.570. The molecule has 116 valence electrons. The fraction of sp³-hybridized carbons (Fsp3) is 0.750. The molecule has 8 heteroatoms. The van der Waals surface area contributed by atoms with Crippen LogP contribution >= 0.6 is 11.8 Å². The van der Waals surface area contributed by atoms with Gasteiger partial charge in [-0.1, -0.05) is 6.92 Å². The molecular weight excluding hydrogens is 296 g/mol. The molecule has 1 aromatic heterocycles. The Balaban J connectivity index is 2.89. The molecule has 0 spiro atoms. The predicted octanol–water partition coefficient (Wildman–Crippen LogP) is 0.865. The van der Waals surface area contributed by atoms with Gasteiger partial charge in [-0.05, 0) is 19.7 Å².